The van der Waals surface area contributed by atoms with Gasteiger partial charge in [-0.1, -0.05) is 41.9 Å². The van der Waals surface area contributed by atoms with Crippen LogP contribution in [0.2, 0.25) is 0 Å². The molecule has 1 rings (SSSR count). The minimum Gasteiger partial charge on any atom is -0.377 e. The molecule has 0 aromatic carbocycles. The van der Waals surface area contributed by atoms with Crippen molar-refractivity contribution >= 4 is 22.6 Å². The number of hydrogen-bond acceptors (Lipinski definition) is 1. The fourth-order valence-corrected chi connectivity index (χ4v) is 1.98. The summed E-state index contributed by atoms with van der Waals surface area (Å²) < 4.78 is 6.79. The predicted octanol–water partition coefficient (Wildman–Crippen LogP) is 2.77. The third-order valence-electron chi connectivity index (χ3n) is 1.95. The third kappa shape index (κ3) is 3.19. The van der Waals surface area contributed by atoms with Crippen molar-refractivity contribution in [2.75, 3.05) is 11.0 Å². The molecule has 1 atom stereocenters. The lowest BCUT2D eigenvalue weighted by Crippen LogP contribution is -2.16. The fraction of sp³-hybridized carbons (Fsp3) is 1.00. The standard InChI is InChI=1S/C8H15IO/c9-7-8-5-3-1-2-4-6-10-8/h8H,1-7H2. The van der Waals surface area contributed by atoms with E-state index in [4.69, 9.17) is 4.74 Å². The van der Waals surface area contributed by atoms with Crippen molar-refractivity contribution in [1.82, 2.24) is 0 Å². The topological polar surface area (TPSA) is 9.23 Å². The Balaban J connectivity index is 2.16. The third-order valence-corrected chi connectivity index (χ3v) is 2.93. The number of rotatable bonds is 1. The van der Waals surface area contributed by atoms with Crippen LogP contribution in [0, 0.1) is 0 Å². The Morgan fingerprint density at radius 1 is 1.20 bits per heavy atom. The van der Waals surface area contributed by atoms with Gasteiger partial charge >= 0.3 is 0 Å². The van der Waals surface area contributed by atoms with Gasteiger partial charge in [-0.3, -0.25) is 0 Å². The Morgan fingerprint density at radius 3 is 2.80 bits per heavy atom. The Hall–Kier alpha value is 0.690. The minimum atomic E-state index is 0.556. The van der Waals surface area contributed by atoms with Crippen molar-refractivity contribution in [3.63, 3.8) is 0 Å². The Labute approximate surface area is 76.7 Å². The SMILES string of the molecule is ICC1CCCCCCO1. The second kappa shape index (κ2) is 5.35. The molecule has 0 aromatic rings. The van der Waals surface area contributed by atoms with Crippen molar-refractivity contribution in [2.24, 2.45) is 0 Å². The molecular formula is C8H15IO. The summed E-state index contributed by atoms with van der Waals surface area (Å²) in [6.45, 7) is 0.994. The van der Waals surface area contributed by atoms with Gasteiger partial charge in [0, 0.05) is 11.0 Å². The minimum absolute atomic E-state index is 0.556. The van der Waals surface area contributed by atoms with Gasteiger partial charge in [-0.2, -0.15) is 0 Å². The first-order chi connectivity index (χ1) is 4.93. The Kier molecular flexibility index (Phi) is 4.70. The summed E-state index contributed by atoms with van der Waals surface area (Å²) in [6, 6.07) is 0. The molecule has 2 heteroatoms. The van der Waals surface area contributed by atoms with Crippen LogP contribution in [0.4, 0.5) is 0 Å². The zero-order valence-corrected chi connectivity index (χ0v) is 8.47. The number of ether oxygens (including phenoxy) is 1. The highest BCUT2D eigenvalue weighted by atomic mass is 127. The normalized spacial score (nSPS) is 29.1. The van der Waals surface area contributed by atoms with Gasteiger partial charge in [0.25, 0.3) is 0 Å². The maximum atomic E-state index is 5.62. The molecule has 1 nitrogen and oxygen atoms in total. The number of alkyl halides is 1. The van der Waals surface area contributed by atoms with E-state index in [9.17, 15) is 0 Å². The monoisotopic (exact) mass is 254 g/mol. The van der Waals surface area contributed by atoms with Crippen molar-refractivity contribution < 1.29 is 4.74 Å². The molecule has 0 aliphatic carbocycles. The molecule has 1 fully saturated rings. The maximum Gasteiger partial charge on any atom is 0.0664 e. The van der Waals surface area contributed by atoms with Gasteiger partial charge in [0.2, 0.25) is 0 Å². The summed E-state index contributed by atoms with van der Waals surface area (Å²) in [4.78, 5) is 0. The first kappa shape index (κ1) is 8.78. The van der Waals surface area contributed by atoms with Crippen LogP contribution in [0.25, 0.3) is 0 Å². The molecular weight excluding hydrogens is 239 g/mol. The summed E-state index contributed by atoms with van der Waals surface area (Å²) >= 11 is 2.41. The summed E-state index contributed by atoms with van der Waals surface area (Å²) in [5.41, 5.74) is 0. The molecule has 1 aliphatic rings. The van der Waals surface area contributed by atoms with Gasteiger partial charge in [-0.25, -0.2) is 0 Å². The molecule has 1 unspecified atom stereocenters. The van der Waals surface area contributed by atoms with E-state index in [1.54, 1.807) is 0 Å². The highest BCUT2D eigenvalue weighted by molar-refractivity contribution is 14.1. The maximum absolute atomic E-state index is 5.62. The van der Waals surface area contributed by atoms with Crippen molar-refractivity contribution in [3.05, 3.63) is 0 Å². The van der Waals surface area contributed by atoms with E-state index in [0.717, 1.165) is 11.0 Å². The van der Waals surface area contributed by atoms with E-state index in [2.05, 4.69) is 22.6 Å². The molecule has 1 aliphatic heterocycles. The molecule has 0 saturated carbocycles. The highest BCUT2D eigenvalue weighted by Gasteiger charge is 2.08. The van der Waals surface area contributed by atoms with Crippen LogP contribution in [-0.2, 0) is 4.74 Å². The van der Waals surface area contributed by atoms with Gasteiger partial charge in [0.15, 0.2) is 0 Å². The summed E-state index contributed by atoms with van der Waals surface area (Å²) in [5, 5.41) is 0. The average molecular weight is 254 g/mol. The zero-order chi connectivity index (χ0) is 7.23. The van der Waals surface area contributed by atoms with E-state index in [1.807, 2.05) is 0 Å². The molecule has 0 bridgehead atoms. The van der Waals surface area contributed by atoms with Crippen LogP contribution in [0.3, 0.4) is 0 Å². The first-order valence-corrected chi connectivity index (χ1v) is 5.63. The highest BCUT2D eigenvalue weighted by Crippen LogP contribution is 2.14. The van der Waals surface area contributed by atoms with Gasteiger partial charge in [0.1, 0.15) is 0 Å². The lowest BCUT2D eigenvalue weighted by atomic mass is 10.1. The Bertz CT molecular complexity index is 77.3. The van der Waals surface area contributed by atoms with Crippen LogP contribution in [0.5, 0.6) is 0 Å². The Morgan fingerprint density at radius 2 is 2.00 bits per heavy atom. The molecule has 0 radical (unpaired) electrons. The molecule has 0 aromatic heterocycles. The molecule has 60 valence electrons. The largest absolute Gasteiger partial charge is 0.377 e. The summed E-state index contributed by atoms with van der Waals surface area (Å²) in [6.07, 6.45) is 7.26. The lowest BCUT2D eigenvalue weighted by molar-refractivity contribution is 0.0529. The number of halogens is 1. The van der Waals surface area contributed by atoms with E-state index in [0.29, 0.717) is 6.10 Å². The molecule has 0 amide bonds. The second-order valence-electron chi connectivity index (χ2n) is 2.85. The van der Waals surface area contributed by atoms with Crippen LogP contribution < -0.4 is 0 Å². The predicted molar refractivity (Wildman–Crippen MR) is 51.7 cm³/mol. The van der Waals surface area contributed by atoms with Crippen LogP contribution in [0.15, 0.2) is 0 Å². The molecule has 10 heavy (non-hydrogen) atoms. The zero-order valence-electron chi connectivity index (χ0n) is 6.31. The van der Waals surface area contributed by atoms with Crippen molar-refractivity contribution in [1.29, 1.82) is 0 Å². The molecule has 0 N–H and O–H groups in total. The van der Waals surface area contributed by atoms with Crippen molar-refractivity contribution in [3.8, 4) is 0 Å². The quantitative estimate of drug-likeness (QED) is 0.516. The van der Waals surface area contributed by atoms with E-state index < -0.39 is 0 Å². The second-order valence-corrected chi connectivity index (χ2v) is 3.73. The average Bonchev–Trinajstić information content (AvgIpc) is 1.87. The van der Waals surface area contributed by atoms with Gasteiger partial charge in [-0.05, 0) is 12.8 Å². The van der Waals surface area contributed by atoms with Crippen molar-refractivity contribution in [2.45, 2.75) is 38.2 Å². The number of hydrogen-bond donors (Lipinski definition) is 0. The summed E-state index contributed by atoms with van der Waals surface area (Å²) in [5.74, 6) is 0. The lowest BCUT2D eigenvalue weighted by Gasteiger charge is -2.17. The molecule has 0 spiro atoms. The van der Waals surface area contributed by atoms with Crippen LogP contribution in [0.1, 0.15) is 32.1 Å². The van der Waals surface area contributed by atoms with E-state index in [-0.39, 0.29) is 0 Å². The molecule has 1 heterocycles. The first-order valence-electron chi connectivity index (χ1n) is 4.11. The van der Waals surface area contributed by atoms with Crippen LogP contribution >= 0.6 is 22.6 Å². The van der Waals surface area contributed by atoms with Gasteiger partial charge < -0.3 is 4.74 Å². The summed E-state index contributed by atoms with van der Waals surface area (Å²) in [7, 11) is 0. The van der Waals surface area contributed by atoms with Gasteiger partial charge in [0.05, 0.1) is 6.10 Å². The van der Waals surface area contributed by atoms with E-state index >= 15 is 0 Å². The fourth-order valence-electron chi connectivity index (χ4n) is 1.28. The van der Waals surface area contributed by atoms with Gasteiger partial charge in [-0.15, -0.1) is 0 Å². The molecule has 1 saturated heterocycles. The van der Waals surface area contributed by atoms with E-state index in [1.165, 1.54) is 32.1 Å². The van der Waals surface area contributed by atoms with Crippen LogP contribution in [-0.4, -0.2) is 17.1 Å². The smallest absolute Gasteiger partial charge is 0.0664 e.